The van der Waals surface area contributed by atoms with E-state index in [1.807, 2.05) is 30.3 Å². The Kier molecular flexibility index (Phi) is 3.33. The number of hydrogen-bond acceptors (Lipinski definition) is 6. The Morgan fingerprint density at radius 1 is 1.38 bits per heavy atom. The number of carbonyl (C=O) groups is 1. The van der Waals surface area contributed by atoms with Gasteiger partial charge in [-0.2, -0.15) is 0 Å². The molecule has 0 amide bonds. The van der Waals surface area contributed by atoms with Gasteiger partial charge < -0.3 is 9.84 Å². The predicted molar refractivity (Wildman–Crippen MR) is 73.9 cm³/mol. The van der Waals surface area contributed by atoms with Crippen molar-refractivity contribution in [3.8, 4) is 5.82 Å². The van der Waals surface area contributed by atoms with E-state index in [1.165, 1.54) is 18.1 Å². The Balaban J connectivity index is 2.14. The summed E-state index contributed by atoms with van der Waals surface area (Å²) < 4.78 is 5.92. The molecule has 2 heterocycles. The third kappa shape index (κ3) is 2.34. The Morgan fingerprint density at radius 2 is 2.19 bits per heavy atom. The fourth-order valence-corrected chi connectivity index (χ4v) is 2.01. The van der Waals surface area contributed by atoms with E-state index < -0.39 is 5.97 Å². The molecule has 21 heavy (non-hydrogen) atoms. The molecule has 1 aromatic carbocycles. The number of ether oxygens (including phenoxy) is 1. The van der Waals surface area contributed by atoms with Crippen LogP contribution in [0.4, 0.5) is 0 Å². The SMILES string of the molecule is COC(=O)c1ncn(-c2nc3ccccc3cc2CO)n1. The maximum Gasteiger partial charge on any atom is 0.377 e. The number of hydrogen-bond donors (Lipinski definition) is 1. The first-order valence-corrected chi connectivity index (χ1v) is 6.23. The predicted octanol–water partition coefficient (Wildman–Crippen LogP) is 1.09. The summed E-state index contributed by atoms with van der Waals surface area (Å²) in [6, 6.07) is 9.37. The molecule has 0 aliphatic carbocycles. The van der Waals surface area contributed by atoms with Crippen molar-refractivity contribution in [3.63, 3.8) is 0 Å². The highest BCUT2D eigenvalue weighted by Crippen LogP contribution is 2.19. The smallest absolute Gasteiger partial charge is 0.377 e. The van der Waals surface area contributed by atoms with Crippen molar-refractivity contribution in [3.05, 3.63) is 48.0 Å². The second-order valence-electron chi connectivity index (χ2n) is 4.33. The van der Waals surface area contributed by atoms with Crippen molar-refractivity contribution < 1.29 is 14.6 Å². The third-order valence-electron chi connectivity index (χ3n) is 3.03. The Bertz CT molecular complexity index is 813. The van der Waals surface area contributed by atoms with Crippen molar-refractivity contribution in [1.29, 1.82) is 0 Å². The van der Waals surface area contributed by atoms with Crippen molar-refractivity contribution >= 4 is 16.9 Å². The summed E-state index contributed by atoms with van der Waals surface area (Å²) in [5.41, 5.74) is 1.36. The summed E-state index contributed by atoms with van der Waals surface area (Å²) in [4.78, 5) is 19.7. The quantitative estimate of drug-likeness (QED) is 0.724. The van der Waals surface area contributed by atoms with Crippen LogP contribution in [0.5, 0.6) is 0 Å². The third-order valence-corrected chi connectivity index (χ3v) is 3.03. The zero-order valence-corrected chi connectivity index (χ0v) is 11.2. The first-order valence-electron chi connectivity index (χ1n) is 6.23. The highest BCUT2D eigenvalue weighted by Gasteiger charge is 2.15. The van der Waals surface area contributed by atoms with Crippen LogP contribution >= 0.6 is 0 Å². The van der Waals surface area contributed by atoms with E-state index in [0.717, 1.165) is 10.9 Å². The van der Waals surface area contributed by atoms with Crippen LogP contribution in [0.1, 0.15) is 16.2 Å². The lowest BCUT2D eigenvalue weighted by atomic mass is 10.1. The molecule has 2 aromatic heterocycles. The molecule has 0 spiro atoms. The molecule has 0 fully saturated rings. The van der Waals surface area contributed by atoms with E-state index in [1.54, 1.807) is 0 Å². The lowest BCUT2D eigenvalue weighted by Gasteiger charge is -2.07. The van der Waals surface area contributed by atoms with Gasteiger partial charge in [0, 0.05) is 10.9 Å². The zero-order chi connectivity index (χ0) is 14.8. The topological polar surface area (TPSA) is 90.1 Å². The Hall–Kier alpha value is -2.80. The number of pyridine rings is 1. The molecule has 0 aliphatic heterocycles. The number of rotatable bonds is 3. The molecule has 7 heteroatoms. The van der Waals surface area contributed by atoms with Crippen LogP contribution in [0, 0.1) is 0 Å². The summed E-state index contributed by atoms with van der Waals surface area (Å²) in [7, 11) is 1.26. The molecule has 0 radical (unpaired) electrons. The van der Waals surface area contributed by atoms with Crippen LogP contribution in [0.3, 0.4) is 0 Å². The van der Waals surface area contributed by atoms with Crippen molar-refractivity contribution in [2.45, 2.75) is 6.61 Å². The average molecular weight is 284 g/mol. The maximum atomic E-state index is 11.4. The van der Waals surface area contributed by atoms with Gasteiger partial charge in [-0.3, -0.25) is 0 Å². The van der Waals surface area contributed by atoms with Crippen LogP contribution in [-0.4, -0.2) is 37.9 Å². The molecule has 0 saturated carbocycles. The molecule has 0 saturated heterocycles. The van der Waals surface area contributed by atoms with Crippen LogP contribution in [0.2, 0.25) is 0 Å². The van der Waals surface area contributed by atoms with Crippen molar-refractivity contribution in [2.75, 3.05) is 7.11 Å². The van der Waals surface area contributed by atoms with Crippen LogP contribution in [-0.2, 0) is 11.3 Å². The highest BCUT2D eigenvalue weighted by molar-refractivity contribution is 5.85. The molecule has 3 rings (SSSR count). The number of aliphatic hydroxyl groups is 1. The summed E-state index contributed by atoms with van der Waals surface area (Å²) in [5, 5.41) is 14.4. The van der Waals surface area contributed by atoms with Gasteiger partial charge in [-0.1, -0.05) is 18.2 Å². The second kappa shape index (κ2) is 5.29. The van der Waals surface area contributed by atoms with E-state index >= 15 is 0 Å². The minimum atomic E-state index is -0.625. The average Bonchev–Trinajstić information content (AvgIpc) is 3.02. The van der Waals surface area contributed by atoms with Gasteiger partial charge in [-0.05, 0) is 12.1 Å². The van der Waals surface area contributed by atoms with Gasteiger partial charge in [-0.15, -0.1) is 5.10 Å². The lowest BCUT2D eigenvalue weighted by Crippen LogP contribution is -2.07. The van der Waals surface area contributed by atoms with Crippen molar-refractivity contribution in [1.82, 2.24) is 19.7 Å². The Morgan fingerprint density at radius 3 is 2.95 bits per heavy atom. The van der Waals surface area contributed by atoms with Crippen LogP contribution in [0.15, 0.2) is 36.7 Å². The van der Waals surface area contributed by atoms with Gasteiger partial charge in [0.15, 0.2) is 5.82 Å². The summed E-state index contributed by atoms with van der Waals surface area (Å²) >= 11 is 0. The largest absolute Gasteiger partial charge is 0.463 e. The minimum absolute atomic E-state index is 0.0589. The Labute approximate surface area is 119 Å². The number of benzene rings is 1. The number of aliphatic hydroxyl groups excluding tert-OH is 1. The molecular weight excluding hydrogens is 272 g/mol. The number of para-hydroxylation sites is 1. The maximum absolute atomic E-state index is 11.4. The zero-order valence-electron chi connectivity index (χ0n) is 11.2. The van der Waals surface area contributed by atoms with Gasteiger partial charge in [0.1, 0.15) is 6.33 Å². The first-order chi connectivity index (χ1) is 10.2. The van der Waals surface area contributed by atoms with E-state index in [0.29, 0.717) is 11.4 Å². The fourth-order valence-electron chi connectivity index (χ4n) is 2.01. The van der Waals surface area contributed by atoms with E-state index in [4.69, 9.17) is 0 Å². The number of aromatic nitrogens is 4. The standard InChI is InChI=1S/C14H12N4O3/c1-21-14(20)12-15-8-18(17-12)13-10(7-19)6-9-4-2-3-5-11(9)16-13/h2-6,8,19H,7H2,1H3. The molecule has 7 nitrogen and oxygen atoms in total. The first kappa shape index (κ1) is 13.2. The number of carbonyl (C=O) groups excluding carboxylic acids is 1. The molecule has 106 valence electrons. The lowest BCUT2D eigenvalue weighted by molar-refractivity contribution is 0.0587. The highest BCUT2D eigenvalue weighted by atomic mass is 16.5. The van der Waals surface area contributed by atoms with Crippen molar-refractivity contribution in [2.24, 2.45) is 0 Å². The van der Waals surface area contributed by atoms with E-state index in [9.17, 15) is 9.90 Å². The summed E-state index contributed by atoms with van der Waals surface area (Å²) in [5.74, 6) is -0.254. The molecule has 0 bridgehead atoms. The van der Waals surface area contributed by atoms with Crippen LogP contribution < -0.4 is 0 Å². The number of fused-ring (bicyclic) bond motifs is 1. The fraction of sp³-hybridized carbons (Fsp3) is 0.143. The van der Waals surface area contributed by atoms with Gasteiger partial charge >= 0.3 is 5.97 Å². The van der Waals surface area contributed by atoms with E-state index in [2.05, 4.69) is 19.8 Å². The van der Waals surface area contributed by atoms with Gasteiger partial charge in [0.2, 0.25) is 0 Å². The molecule has 0 unspecified atom stereocenters. The normalized spacial score (nSPS) is 10.8. The second-order valence-corrected chi connectivity index (χ2v) is 4.33. The van der Waals surface area contributed by atoms with E-state index in [-0.39, 0.29) is 12.4 Å². The minimum Gasteiger partial charge on any atom is -0.463 e. The molecule has 1 N–H and O–H groups in total. The monoisotopic (exact) mass is 284 g/mol. The number of nitrogens with zero attached hydrogens (tertiary/aromatic N) is 4. The van der Waals surface area contributed by atoms with Crippen LogP contribution in [0.25, 0.3) is 16.7 Å². The number of esters is 1. The van der Waals surface area contributed by atoms with Gasteiger partial charge in [0.05, 0.1) is 19.2 Å². The molecule has 0 aliphatic rings. The number of methoxy groups -OCH3 is 1. The summed E-state index contributed by atoms with van der Waals surface area (Å²) in [6.45, 7) is -0.194. The molecular formula is C14H12N4O3. The summed E-state index contributed by atoms with van der Waals surface area (Å²) in [6.07, 6.45) is 1.36. The van der Waals surface area contributed by atoms with Gasteiger partial charge in [-0.25, -0.2) is 19.4 Å². The molecule has 0 atom stereocenters. The molecule has 3 aromatic rings. The van der Waals surface area contributed by atoms with Gasteiger partial charge in [0.25, 0.3) is 5.82 Å².